The van der Waals surface area contributed by atoms with Crippen LogP contribution in [-0.2, 0) is 26.8 Å². The van der Waals surface area contributed by atoms with E-state index in [0.717, 1.165) is 27.5 Å². The second kappa shape index (κ2) is 10.8. The lowest BCUT2D eigenvalue weighted by atomic mass is 9.76. The number of methoxy groups -OCH3 is 1. The third-order valence-electron chi connectivity index (χ3n) is 7.10. The molecule has 0 amide bonds. The van der Waals surface area contributed by atoms with Gasteiger partial charge < -0.3 is 19.5 Å². The number of nitrogens with zero attached hydrogens (tertiary/aromatic N) is 3. The summed E-state index contributed by atoms with van der Waals surface area (Å²) < 4.78 is 33.6. The summed E-state index contributed by atoms with van der Waals surface area (Å²) in [6.07, 6.45) is 3.11. The van der Waals surface area contributed by atoms with Crippen LogP contribution in [0.15, 0.2) is 84.1 Å². The summed E-state index contributed by atoms with van der Waals surface area (Å²) in [6.45, 7) is 8.58. The first kappa shape index (κ1) is 27.7. The Labute approximate surface area is 226 Å². The molecular formula is C28H32BN3O5S. The number of ether oxygens (including phenoxy) is 1. The Hall–Kier alpha value is -3.31. The van der Waals surface area contributed by atoms with E-state index in [9.17, 15) is 4.21 Å². The summed E-state index contributed by atoms with van der Waals surface area (Å²) in [7, 11) is -0.360. The monoisotopic (exact) mass is 533 g/mol. The summed E-state index contributed by atoms with van der Waals surface area (Å²) in [5, 5.41) is 1.97. The van der Waals surface area contributed by atoms with Crippen molar-refractivity contribution in [2.75, 3.05) is 11.4 Å². The van der Waals surface area contributed by atoms with E-state index in [1.54, 1.807) is 23.7 Å². The van der Waals surface area contributed by atoms with Crippen LogP contribution >= 0.6 is 0 Å². The maximum atomic E-state index is 13.9. The van der Waals surface area contributed by atoms with Gasteiger partial charge in [0.2, 0.25) is 0 Å². The lowest BCUT2D eigenvalue weighted by molar-refractivity contribution is 0.00578. The van der Waals surface area contributed by atoms with Crippen molar-refractivity contribution in [3.63, 3.8) is 0 Å². The first-order chi connectivity index (χ1) is 17.7. The molecule has 3 aromatic carbocycles. The maximum absolute atomic E-state index is 13.9. The summed E-state index contributed by atoms with van der Waals surface area (Å²) in [6, 6.07) is 21.3. The molecule has 5 rings (SSSR count). The summed E-state index contributed by atoms with van der Waals surface area (Å²) in [4.78, 5) is 9.07. The molecule has 2 heterocycles. The third-order valence-corrected chi connectivity index (χ3v) is 8.48. The van der Waals surface area contributed by atoms with Gasteiger partial charge in [0.25, 0.3) is 0 Å². The average Bonchev–Trinajstić information content (AvgIpc) is 3.13. The van der Waals surface area contributed by atoms with Gasteiger partial charge in [-0.3, -0.25) is 4.31 Å². The van der Waals surface area contributed by atoms with Gasteiger partial charge in [0.05, 0.1) is 29.8 Å². The van der Waals surface area contributed by atoms with Crippen LogP contribution in [0.1, 0.15) is 33.3 Å². The summed E-state index contributed by atoms with van der Waals surface area (Å²) >= 11 is 0. The molecule has 0 spiro atoms. The van der Waals surface area contributed by atoms with Gasteiger partial charge >= 0.3 is 7.12 Å². The van der Waals surface area contributed by atoms with Crippen molar-refractivity contribution in [2.45, 2.75) is 50.3 Å². The molecule has 1 aliphatic heterocycles. The third kappa shape index (κ3) is 5.30. The molecule has 38 heavy (non-hydrogen) atoms. The topological polar surface area (TPSA) is 105 Å². The summed E-state index contributed by atoms with van der Waals surface area (Å²) in [5.74, 6) is 1.35. The normalized spacial score (nSPS) is 16.6. The van der Waals surface area contributed by atoms with E-state index in [-0.39, 0.29) is 5.48 Å². The molecule has 1 fully saturated rings. The van der Waals surface area contributed by atoms with Crippen molar-refractivity contribution in [1.29, 1.82) is 0 Å². The Balaban J connectivity index is 0.00000336. The van der Waals surface area contributed by atoms with E-state index in [4.69, 9.17) is 14.0 Å². The van der Waals surface area contributed by atoms with Crippen molar-refractivity contribution in [3.8, 4) is 5.75 Å². The van der Waals surface area contributed by atoms with Crippen LogP contribution in [0.25, 0.3) is 10.8 Å². The largest absolute Gasteiger partial charge is 0.497 e. The van der Waals surface area contributed by atoms with E-state index >= 15 is 0 Å². The number of anilines is 1. The molecule has 198 valence electrons. The van der Waals surface area contributed by atoms with Crippen molar-refractivity contribution in [2.24, 2.45) is 0 Å². The van der Waals surface area contributed by atoms with Crippen LogP contribution < -0.4 is 14.5 Å². The molecule has 4 aromatic rings. The fourth-order valence-corrected chi connectivity index (χ4v) is 5.46. The van der Waals surface area contributed by atoms with Crippen LogP contribution in [-0.4, -0.2) is 45.1 Å². The Bertz CT molecular complexity index is 1420. The zero-order valence-electron chi connectivity index (χ0n) is 22.2. The fourth-order valence-electron chi connectivity index (χ4n) is 4.25. The van der Waals surface area contributed by atoms with E-state index in [0.29, 0.717) is 17.3 Å². The minimum atomic E-state index is -1.52. The second-order valence-corrected chi connectivity index (χ2v) is 11.4. The van der Waals surface area contributed by atoms with E-state index in [1.165, 1.54) is 6.33 Å². The molecule has 0 aliphatic carbocycles. The zero-order chi connectivity index (χ0) is 26.2. The van der Waals surface area contributed by atoms with Crippen LogP contribution in [0.2, 0.25) is 0 Å². The number of aromatic nitrogens is 2. The first-order valence-corrected chi connectivity index (χ1v) is 13.3. The predicted molar refractivity (Wildman–Crippen MR) is 151 cm³/mol. The first-order valence-electron chi connectivity index (χ1n) is 12.2. The average molecular weight is 533 g/mol. The Morgan fingerprint density at radius 2 is 1.68 bits per heavy atom. The number of benzene rings is 3. The maximum Gasteiger partial charge on any atom is 0.495 e. The highest BCUT2D eigenvalue weighted by Gasteiger charge is 2.52. The van der Waals surface area contributed by atoms with Crippen molar-refractivity contribution < 1.29 is 23.7 Å². The molecule has 1 atom stereocenters. The van der Waals surface area contributed by atoms with Gasteiger partial charge in [-0.05, 0) is 79.8 Å². The van der Waals surface area contributed by atoms with Crippen molar-refractivity contribution >= 4 is 40.2 Å². The smallest absolute Gasteiger partial charge is 0.495 e. The highest BCUT2D eigenvalue weighted by molar-refractivity contribution is 7.86. The molecule has 0 bridgehead atoms. The van der Waals surface area contributed by atoms with E-state index in [1.807, 2.05) is 88.4 Å². The quantitative estimate of drug-likeness (QED) is 0.335. The minimum Gasteiger partial charge on any atom is -0.497 e. The van der Waals surface area contributed by atoms with Crippen molar-refractivity contribution in [1.82, 2.24) is 9.97 Å². The predicted octanol–water partition coefficient (Wildman–Crippen LogP) is 3.84. The standard InChI is InChI=1S/C28H30BN3O4S.H2O/c1-27(2)28(3,4)36-29(35-27)25-8-6-7-21-17-23(13-14-24(21)25)37(33)32(26-15-16-30-19-31-26)18-20-9-11-22(34-5)12-10-20;/h6-17,19H,18H2,1-5H3;1H2. The fraction of sp³-hybridized carbons (Fsp3) is 0.286. The Morgan fingerprint density at radius 1 is 0.974 bits per heavy atom. The number of rotatable bonds is 7. The van der Waals surface area contributed by atoms with Gasteiger partial charge in [-0.2, -0.15) is 0 Å². The van der Waals surface area contributed by atoms with Crippen LogP contribution in [0, 0.1) is 0 Å². The highest BCUT2D eigenvalue weighted by Crippen LogP contribution is 2.37. The van der Waals surface area contributed by atoms with Gasteiger partial charge in [-0.15, -0.1) is 0 Å². The SMILES string of the molecule is COc1ccc(CN(c2ccncn2)S(=O)c2ccc3c(B4OC(C)(C)C(C)(C)O4)cccc3c2)cc1.O. The summed E-state index contributed by atoms with van der Waals surface area (Å²) in [5.41, 5.74) is 1.08. The van der Waals surface area contributed by atoms with Gasteiger partial charge in [0.1, 0.15) is 17.9 Å². The molecule has 1 saturated heterocycles. The number of hydrogen-bond donors (Lipinski definition) is 0. The number of fused-ring (bicyclic) bond motifs is 1. The molecule has 10 heteroatoms. The van der Waals surface area contributed by atoms with Gasteiger partial charge in [0.15, 0.2) is 11.0 Å². The molecule has 1 aromatic heterocycles. The van der Waals surface area contributed by atoms with Gasteiger partial charge in [-0.1, -0.05) is 36.4 Å². The lowest BCUT2D eigenvalue weighted by Crippen LogP contribution is -2.41. The molecule has 1 aliphatic rings. The zero-order valence-corrected chi connectivity index (χ0v) is 23.0. The second-order valence-electron chi connectivity index (χ2n) is 10.0. The highest BCUT2D eigenvalue weighted by atomic mass is 32.2. The Morgan fingerprint density at radius 3 is 2.32 bits per heavy atom. The van der Waals surface area contributed by atoms with Gasteiger partial charge in [-0.25, -0.2) is 14.2 Å². The molecule has 8 nitrogen and oxygen atoms in total. The lowest BCUT2D eigenvalue weighted by Gasteiger charge is -2.32. The molecule has 0 saturated carbocycles. The van der Waals surface area contributed by atoms with Crippen molar-refractivity contribution in [3.05, 3.63) is 84.8 Å². The van der Waals surface area contributed by atoms with Crippen LogP contribution in [0.5, 0.6) is 5.75 Å². The molecule has 1 unspecified atom stereocenters. The van der Waals surface area contributed by atoms with E-state index in [2.05, 4.69) is 9.97 Å². The van der Waals surface area contributed by atoms with E-state index < -0.39 is 29.3 Å². The minimum absolute atomic E-state index is 0. The van der Waals surface area contributed by atoms with Crippen LogP contribution in [0.3, 0.4) is 0 Å². The molecular weight excluding hydrogens is 501 g/mol. The van der Waals surface area contributed by atoms with Crippen LogP contribution in [0.4, 0.5) is 5.82 Å². The molecule has 2 N–H and O–H groups in total. The Kier molecular flexibility index (Phi) is 7.89. The number of hydrogen-bond acceptors (Lipinski definition) is 6. The van der Waals surface area contributed by atoms with Gasteiger partial charge in [0, 0.05) is 6.20 Å². The molecule has 0 radical (unpaired) electrons.